The molecule has 1 aromatic rings. The van der Waals surface area contributed by atoms with Crippen molar-refractivity contribution in [3.8, 4) is 6.07 Å². The van der Waals surface area contributed by atoms with Gasteiger partial charge in [-0.15, -0.1) is 0 Å². The summed E-state index contributed by atoms with van der Waals surface area (Å²) in [5.41, 5.74) is 0.821. The van der Waals surface area contributed by atoms with Crippen molar-refractivity contribution in [3.63, 3.8) is 0 Å². The summed E-state index contributed by atoms with van der Waals surface area (Å²) in [4.78, 5) is 35.6. The number of nitriles is 1. The van der Waals surface area contributed by atoms with Gasteiger partial charge in [-0.3, -0.25) is 9.59 Å². The third-order valence-electron chi connectivity index (χ3n) is 3.42. The second-order valence-electron chi connectivity index (χ2n) is 6.36. The Balaban J connectivity index is 2.66. The molecule has 0 radical (unpaired) electrons. The van der Waals surface area contributed by atoms with Gasteiger partial charge in [-0.1, -0.05) is 44.2 Å². The molecule has 0 aromatic heterocycles. The zero-order valence-electron chi connectivity index (χ0n) is 15.7. The van der Waals surface area contributed by atoms with Crippen molar-refractivity contribution < 1.29 is 23.9 Å². The van der Waals surface area contributed by atoms with Crippen LogP contribution in [0.1, 0.15) is 39.2 Å². The van der Waals surface area contributed by atoms with E-state index < -0.39 is 30.2 Å². The van der Waals surface area contributed by atoms with E-state index in [1.807, 2.05) is 50.2 Å². The van der Waals surface area contributed by atoms with Gasteiger partial charge in [0.1, 0.15) is 12.6 Å². The van der Waals surface area contributed by atoms with E-state index in [4.69, 9.17) is 14.7 Å². The summed E-state index contributed by atoms with van der Waals surface area (Å²) in [7, 11) is 0. The highest BCUT2D eigenvalue weighted by molar-refractivity contribution is 5.85. The van der Waals surface area contributed by atoms with Gasteiger partial charge in [-0.05, 0) is 17.9 Å². The van der Waals surface area contributed by atoms with Crippen LogP contribution in [0.2, 0.25) is 0 Å². The lowest BCUT2D eigenvalue weighted by atomic mass is 10.0. The van der Waals surface area contributed by atoms with E-state index in [2.05, 4.69) is 10.6 Å². The highest BCUT2D eigenvalue weighted by atomic mass is 16.6. The van der Waals surface area contributed by atoms with Crippen LogP contribution in [0.3, 0.4) is 0 Å². The highest BCUT2D eigenvalue weighted by Gasteiger charge is 2.25. The first-order valence-electron chi connectivity index (χ1n) is 8.63. The molecular formula is C19H25N3O5. The summed E-state index contributed by atoms with van der Waals surface area (Å²) in [6.45, 7) is 5.06. The molecule has 0 bridgehead atoms. The molecule has 0 heterocycles. The van der Waals surface area contributed by atoms with E-state index >= 15 is 0 Å². The van der Waals surface area contributed by atoms with E-state index in [9.17, 15) is 14.4 Å². The van der Waals surface area contributed by atoms with E-state index in [1.165, 1.54) is 6.92 Å². The lowest BCUT2D eigenvalue weighted by Gasteiger charge is -2.23. The number of rotatable bonds is 9. The lowest BCUT2D eigenvalue weighted by molar-refractivity contribution is -0.149. The van der Waals surface area contributed by atoms with Crippen LogP contribution in [0.4, 0.5) is 4.79 Å². The number of nitrogens with zero attached hydrogens (tertiary/aromatic N) is 1. The van der Waals surface area contributed by atoms with Gasteiger partial charge in [0.25, 0.3) is 0 Å². The number of carbonyl (C=O) groups is 3. The molecule has 8 heteroatoms. The van der Waals surface area contributed by atoms with Gasteiger partial charge in [-0.2, -0.15) is 5.26 Å². The fourth-order valence-electron chi connectivity index (χ4n) is 2.27. The fraction of sp³-hybridized carbons (Fsp3) is 0.474. The van der Waals surface area contributed by atoms with Gasteiger partial charge in [0, 0.05) is 6.92 Å². The van der Waals surface area contributed by atoms with Crippen molar-refractivity contribution in [1.29, 1.82) is 5.26 Å². The molecule has 1 unspecified atom stereocenters. The predicted molar refractivity (Wildman–Crippen MR) is 96.9 cm³/mol. The minimum absolute atomic E-state index is 0.0766. The first-order chi connectivity index (χ1) is 12.8. The van der Waals surface area contributed by atoms with Crippen molar-refractivity contribution in [3.05, 3.63) is 35.9 Å². The predicted octanol–water partition coefficient (Wildman–Crippen LogP) is 2.25. The second-order valence-corrected chi connectivity index (χ2v) is 6.36. The van der Waals surface area contributed by atoms with Crippen LogP contribution in [-0.4, -0.2) is 30.2 Å². The molecule has 0 saturated heterocycles. The maximum Gasteiger partial charge on any atom is 0.408 e. The molecule has 1 aromatic carbocycles. The van der Waals surface area contributed by atoms with Crippen molar-refractivity contribution >= 4 is 18.0 Å². The number of alkyl carbamates (subject to hydrolysis) is 1. The maximum absolute atomic E-state index is 12.5. The summed E-state index contributed by atoms with van der Waals surface area (Å²) < 4.78 is 10.0. The molecule has 1 rings (SSSR count). The Morgan fingerprint density at radius 2 is 1.81 bits per heavy atom. The molecular weight excluding hydrogens is 350 g/mol. The largest absolute Gasteiger partial charge is 0.445 e. The molecule has 0 spiro atoms. The second kappa shape index (κ2) is 11.5. The van der Waals surface area contributed by atoms with E-state index in [-0.39, 0.29) is 18.9 Å². The van der Waals surface area contributed by atoms with E-state index in [1.54, 1.807) is 0 Å². The summed E-state index contributed by atoms with van der Waals surface area (Å²) in [6.07, 6.45) is -1.65. The molecule has 0 aliphatic rings. The third-order valence-corrected chi connectivity index (χ3v) is 3.42. The standard InChI is InChI=1S/C19H25N3O5/c1-13(2)11-16(18(24)22-17(9-10-20)27-14(3)23)21-19(25)26-12-15-7-5-4-6-8-15/h4-8,13,16-17H,9,11-12H2,1-3H3,(H,21,25)(H,22,24)/t16-,17?/m0/s1. The number of esters is 1. The number of hydrogen-bond donors (Lipinski definition) is 2. The molecule has 0 aliphatic carbocycles. The average molecular weight is 375 g/mol. The maximum atomic E-state index is 12.5. The zero-order chi connectivity index (χ0) is 20.2. The van der Waals surface area contributed by atoms with Gasteiger partial charge in [-0.25, -0.2) is 4.79 Å². The van der Waals surface area contributed by atoms with Crippen LogP contribution in [0, 0.1) is 17.2 Å². The summed E-state index contributed by atoms with van der Waals surface area (Å²) in [5, 5.41) is 13.8. The number of nitrogens with one attached hydrogen (secondary N) is 2. The number of amides is 2. The van der Waals surface area contributed by atoms with Gasteiger partial charge >= 0.3 is 12.1 Å². The van der Waals surface area contributed by atoms with Gasteiger partial charge in [0.05, 0.1) is 12.5 Å². The molecule has 27 heavy (non-hydrogen) atoms. The van der Waals surface area contributed by atoms with Crippen molar-refractivity contribution in [1.82, 2.24) is 10.6 Å². The minimum atomic E-state index is -1.07. The normalized spacial score (nSPS) is 12.4. The SMILES string of the molecule is CC(=O)OC(CC#N)NC(=O)[C@H](CC(C)C)NC(=O)OCc1ccccc1. The number of carbonyl (C=O) groups excluding carboxylic acids is 3. The molecule has 2 N–H and O–H groups in total. The fourth-order valence-corrected chi connectivity index (χ4v) is 2.27. The average Bonchev–Trinajstić information content (AvgIpc) is 2.59. The van der Waals surface area contributed by atoms with Gasteiger partial charge in [0.2, 0.25) is 5.91 Å². The summed E-state index contributed by atoms with van der Waals surface area (Å²) in [6, 6.07) is 10.1. The Bertz CT molecular complexity index is 670. The number of hydrogen-bond acceptors (Lipinski definition) is 6. The quantitative estimate of drug-likeness (QED) is 0.505. The monoisotopic (exact) mass is 375 g/mol. The Morgan fingerprint density at radius 1 is 1.15 bits per heavy atom. The Morgan fingerprint density at radius 3 is 2.37 bits per heavy atom. The van der Waals surface area contributed by atoms with E-state index in [0.717, 1.165) is 5.56 Å². The minimum Gasteiger partial charge on any atom is -0.445 e. The molecule has 8 nitrogen and oxygen atoms in total. The zero-order valence-corrected chi connectivity index (χ0v) is 15.7. The van der Waals surface area contributed by atoms with Crippen LogP contribution in [0.15, 0.2) is 30.3 Å². The lowest BCUT2D eigenvalue weighted by Crippen LogP contribution is -2.51. The third kappa shape index (κ3) is 9.26. The highest BCUT2D eigenvalue weighted by Crippen LogP contribution is 2.08. The molecule has 146 valence electrons. The number of benzene rings is 1. The Hall–Kier alpha value is -3.08. The van der Waals surface area contributed by atoms with Gasteiger partial charge in [0.15, 0.2) is 6.23 Å². The van der Waals surface area contributed by atoms with Crippen LogP contribution in [0.5, 0.6) is 0 Å². The smallest absolute Gasteiger partial charge is 0.408 e. The van der Waals surface area contributed by atoms with Crippen LogP contribution in [0.25, 0.3) is 0 Å². The first kappa shape index (κ1) is 22.0. The van der Waals surface area contributed by atoms with Gasteiger partial charge < -0.3 is 20.1 Å². The van der Waals surface area contributed by atoms with Crippen molar-refractivity contribution in [2.45, 2.75) is 52.5 Å². The van der Waals surface area contributed by atoms with E-state index in [0.29, 0.717) is 6.42 Å². The molecule has 2 amide bonds. The Labute approximate surface area is 158 Å². The molecule has 0 aliphatic heterocycles. The van der Waals surface area contributed by atoms with Crippen LogP contribution < -0.4 is 10.6 Å². The molecule has 2 atom stereocenters. The summed E-state index contributed by atoms with van der Waals surface area (Å²) >= 11 is 0. The molecule has 0 saturated carbocycles. The van der Waals surface area contributed by atoms with Crippen LogP contribution >= 0.6 is 0 Å². The Kier molecular flexibility index (Phi) is 9.37. The van der Waals surface area contributed by atoms with Crippen molar-refractivity contribution in [2.24, 2.45) is 5.92 Å². The number of ether oxygens (including phenoxy) is 2. The summed E-state index contributed by atoms with van der Waals surface area (Å²) in [5.74, 6) is -1.06. The first-order valence-corrected chi connectivity index (χ1v) is 8.63. The van der Waals surface area contributed by atoms with Crippen molar-refractivity contribution in [2.75, 3.05) is 0 Å². The molecule has 0 fully saturated rings. The topological polar surface area (TPSA) is 118 Å². The van der Waals surface area contributed by atoms with Crippen LogP contribution in [-0.2, 0) is 25.7 Å².